The van der Waals surface area contributed by atoms with Gasteiger partial charge in [-0.15, -0.1) is 0 Å². The number of nitrogens with zero attached hydrogens (tertiary/aromatic N) is 1. The Kier molecular flexibility index (Phi) is 6.02. The number of aryl methyl sites for hydroxylation is 1. The first-order chi connectivity index (χ1) is 9.31. The summed E-state index contributed by atoms with van der Waals surface area (Å²) in [6, 6.07) is 8.13. The van der Waals surface area contributed by atoms with Gasteiger partial charge in [-0.3, -0.25) is 4.79 Å². The average molecular weight is 278 g/mol. The smallest absolute Gasteiger partial charge is 0.326 e. The summed E-state index contributed by atoms with van der Waals surface area (Å²) in [4.78, 5) is 14.0. The number of carbonyl (C=O) groups is 1. The summed E-state index contributed by atoms with van der Waals surface area (Å²) in [7, 11) is 0. The maximum Gasteiger partial charge on any atom is 0.326 e. The molecule has 0 atom stereocenters. The van der Waals surface area contributed by atoms with Crippen LogP contribution in [-0.2, 0) is 9.53 Å². The zero-order valence-electron chi connectivity index (χ0n) is 13.0. The lowest BCUT2D eigenvalue weighted by molar-refractivity contribution is -0.153. The molecule has 0 unspecified atom stereocenters. The lowest BCUT2D eigenvalue weighted by Gasteiger charge is -2.26. The number of carbonyl (C=O) groups excluding carboxylic acids is 1. The quantitative estimate of drug-likeness (QED) is 0.812. The fourth-order valence-corrected chi connectivity index (χ4v) is 1.87. The van der Waals surface area contributed by atoms with Gasteiger partial charge >= 0.3 is 5.97 Å². The van der Waals surface area contributed by atoms with Crippen LogP contribution in [0.4, 0.5) is 5.69 Å². The number of hydrogen-bond donors (Lipinski definition) is 1. The predicted octanol–water partition coefficient (Wildman–Crippen LogP) is 2.49. The van der Waals surface area contributed by atoms with Crippen LogP contribution < -0.4 is 10.6 Å². The van der Waals surface area contributed by atoms with Crippen LogP contribution in [-0.4, -0.2) is 31.2 Å². The van der Waals surface area contributed by atoms with E-state index in [9.17, 15) is 4.79 Å². The maximum absolute atomic E-state index is 12.0. The molecule has 0 heterocycles. The number of benzene rings is 1. The first kappa shape index (κ1) is 16.5. The van der Waals surface area contributed by atoms with Crippen molar-refractivity contribution < 1.29 is 9.53 Å². The lowest BCUT2D eigenvalue weighted by atomic mass is 10.2. The molecular weight excluding hydrogens is 252 g/mol. The standard InChI is InChI=1S/C16H26N2O2/c1-13-6-8-14(9-7-13)18(11-5-10-17)12-15(19)20-16(2,3)4/h6-9H,5,10-12,17H2,1-4H3. The molecule has 0 bridgehead atoms. The van der Waals surface area contributed by atoms with E-state index in [0.29, 0.717) is 6.54 Å². The molecule has 4 heteroatoms. The van der Waals surface area contributed by atoms with Crippen LogP contribution in [0.1, 0.15) is 32.8 Å². The molecule has 0 aliphatic rings. The van der Waals surface area contributed by atoms with Gasteiger partial charge in [0.1, 0.15) is 12.1 Å². The van der Waals surface area contributed by atoms with Crippen LogP contribution in [0.3, 0.4) is 0 Å². The predicted molar refractivity (Wildman–Crippen MR) is 82.9 cm³/mol. The van der Waals surface area contributed by atoms with Gasteiger partial charge in [0.05, 0.1) is 0 Å². The summed E-state index contributed by atoms with van der Waals surface area (Å²) < 4.78 is 5.38. The highest BCUT2D eigenvalue weighted by Crippen LogP contribution is 2.16. The Hall–Kier alpha value is -1.55. The van der Waals surface area contributed by atoms with Crippen LogP contribution in [0.5, 0.6) is 0 Å². The van der Waals surface area contributed by atoms with E-state index < -0.39 is 5.60 Å². The van der Waals surface area contributed by atoms with Crippen molar-refractivity contribution in [1.29, 1.82) is 0 Å². The summed E-state index contributed by atoms with van der Waals surface area (Å²) in [5.41, 5.74) is 7.34. The average Bonchev–Trinajstić information content (AvgIpc) is 2.33. The summed E-state index contributed by atoms with van der Waals surface area (Å²) in [5, 5.41) is 0. The van der Waals surface area contributed by atoms with E-state index in [4.69, 9.17) is 10.5 Å². The number of esters is 1. The minimum atomic E-state index is -0.454. The van der Waals surface area contributed by atoms with Crippen molar-refractivity contribution in [3.8, 4) is 0 Å². The molecule has 112 valence electrons. The number of rotatable bonds is 6. The van der Waals surface area contributed by atoms with Crippen molar-refractivity contribution in [1.82, 2.24) is 0 Å². The molecule has 0 saturated carbocycles. The van der Waals surface area contributed by atoms with E-state index in [1.165, 1.54) is 5.56 Å². The first-order valence-electron chi connectivity index (χ1n) is 7.05. The highest BCUT2D eigenvalue weighted by atomic mass is 16.6. The molecule has 0 aromatic heterocycles. The van der Waals surface area contributed by atoms with Gasteiger partial charge in [-0.25, -0.2) is 0 Å². The summed E-state index contributed by atoms with van der Waals surface area (Å²) in [6.45, 7) is 9.28. The van der Waals surface area contributed by atoms with Crippen LogP contribution in [0.2, 0.25) is 0 Å². The van der Waals surface area contributed by atoms with Gasteiger partial charge in [-0.2, -0.15) is 0 Å². The first-order valence-corrected chi connectivity index (χ1v) is 7.05. The van der Waals surface area contributed by atoms with E-state index in [-0.39, 0.29) is 12.5 Å². The van der Waals surface area contributed by atoms with Crippen LogP contribution >= 0.6 is 0 Å². The Balaban J connectivity index is 2.74. The summed E-state index contributed by atoms with van der Waals surface area (Å²) >= 11 is 0. The maximum atomic E-state index is 12.0. The lowest BCUT2D eigenvalue weighted by Crippen LogP contribution is -2.36. The molecule has 20 heavy (non-hydrogen) atoms. The van der Waals surface area contributed by atoms with Crippen molar-refractivity contribution in [2.24, 2.45) is 5.73 Å². The fourth-order valence-electron chi connectivity index (χ4n) is 1.87. The molecule has 0 spiro atoms. The highest BCUT2D eigenvalue weighted by molar-refractivity contribution is 5.76. The second-order valence-corrected chi connectivity index (χ2v) is 5.99. The van der Waals surface area contributed by atoms with E-state index in [1.54, 1.807) is 0 Å². The Morgan fingerprint density at radius 3 is 2.35 bits per heavy atom. The third-order valence-electron chi connectivity index (χ3n) is 2.77. The topological polar surface area (TPSA) is 55.6 Å². The van der Waals surface area contributed by atoms with E-state index in [0.717, 1.165) is 18.7 Å². The molecule has 0 aliphatic carbocycles. The zero-order valence-corrected chi connectivity index (χ0v) is 13.0. The van der Waals surface area contributed by atoms with Crippen molar-refractivity contribution >= 4 is 11.7 Å². The summed E-state index contributed by atoms with van der Waals surface area (Å²) in [5.74, 6) is -0.213. The van der Waals surface area contributed by atoms with Crippen molar-refractivity contribution in [3.63, 3.8) is 0 Å². The molecule has 0 fully saturated rings. The van der Waals surface area contributed by atoms with Crippen molar-refractivity contribution in [2.45, 2.75) is 39.7 Å². The zero-order chi connectivity index (χ0) is 15.2. The van der Waals surface area contributed by atoms with Crippen molar-refractivity contribution in [2.75, 3.05) is 24.5 Å². The van der Waals surface area contributed by atoms with Crippen LogP contribution in [0.25, 0.3) is 0 Å². The largest absolute Gasteiger partial charge is 0.459 e. The molecule has 0 aliphatic heterocycles. The Bertz CT molecular complexity index is 421. The number of nitrogens with two attached hydrogens (primary N) is 1. The Morgan fingerprint density at radius 1 is 1.25 bits per heavy atom. The Morgan fingerprint density at radius 2 is 1.85 bits per heavy atom. The van der Waals surface area contributed by atoms with Gasteiger partial charge in [-0.05, 0) is 52.8 Å². The molecule has 0 saturated heterocycles. The molecule has 0 radical (unpaired) electrons. The van der Waals surface area contributed by atoms with Gasteiger partial charge in [0.2, 0.25) is 0 Å². The SMILES string of the molecule is Cc1ccc(N(CCCN)CC(=O)OC(C)(C)C)cc1. The monoisotopic (exact) mass is 278 g/mol. The molecule has 4 nitrogen and oxygen atoms in total. The molecule has 2 N–H and O–H groups in total. The van der Waals surface area contributed by atoms with E-state index in [1.807, 2.05) is 56.9 Å². The minimum Gasteiger partial charge on any atom is -0.459 e. The molecule has 0 amide bonds. The molecule has 1 aromatic carbocycles. The van der Waals surface area contributed by atoms with Crippen molar-refractivity contribution in [3.05, 3.63) is 29.8 Å². The van der Waals surface area contributed by atoms with Gasteiger partial charge in [0.15, 0.2) is 0 Å². The molecule has 1 aromatic rings. The molecule has 1 rings (SSSR count). The number of anilines is 1. The number of hydrogen-bond acceptors (Lipinski definition) is 4. The third-order valence-corrected chi connectivity index (χ3v) is 2.77. The van der Waals surface area contributed by atoms with Gasteiger partial charge in [-0.1, -0.05) is 17.7 Å². The van der Waals surface area contributed by atoms with E-state index in [2.05, 4.69) is 0 Å². The van der Waals surface area contributed by atoms with Gasteiger partial charge in [0.25, 0.3) is 0 Å². The highest BCUT2D eigenvalue weighted by Gasteiger charge is 2.19. The Labute approximate surface area is 121 Å². The van der Waals surface area contributed by atoms with Gasteiger partial charge < -0.3 is 15.4 Å². The van der Waals surface area contributed by atoms with E-state index >= 15 is 0 Å². The number of ether oxygens (including phenoxy) is 1. The normalized spacial score (nSPS) is 11.2. The van der Waals surface area contributed by atoms with Crippen LogP contribution in [0, 0.1) is 6.92 Å². The second kappa shape index (κ2) is 7.29. The fraction of sp³-hybridized carbons (Fsp3) is 0.562. The third kappa shape index (κ3) is 6.06. The molecular formula is C16H26N2O2. The van der Waals surface area contributed by atoms with Crippen LogP contribution in [0.15, 0.2) is 24.3 Å². The minimum absolute atomic E-state index is 0.213. The summed E-state index contributed by atoms with van der Waals surface area (Å²) in [6.07, 6.45) is 0.844. The van der Waals surface area contributed by atoms with Gasteiger partial charge in [0, 0.05) is 12.2 Å². The second-order valence-electron chi connectivity index (χ2n) is 5.99.